The lowest BCUT2D eigenvalue weighted by atomic mass is 9.98. The fraction of sp³-hybridized carbons (Fsp3) is 0.941. The minimum Gasteiger partial charge on any atom is -0.444 e. The standard InChI is InChI=1S/C17H34N2O3/c1-6-10-17(5,21)12-19-14-9-7-8-13(14)11-18-15(20)22-16(2,3)4/h13-14,19,21H,6-12H2,1-5H3,(H,18,20). The minimum absolute atomic E-state index is 0.351. The first-order valence-corrected chi connectivity index (χ1v) is 8.55. The van der Waals surface area contributed by atoms with E-state index in [1.165, 1.54) is 0 Å². The van der Waals surface area contributed by atoms with Crippen LogP contribution in [0.1, 0.15) is 66.7 Å². The lowest BCUT2D eigenvalue weighted by Gasteiger charge is -2.28. The molecule has 1 amide bonds. The number of carbonyl (C=O) groups excluding carboxylic acids is 1. The van der Waals surface area contributed by atoms with Gasteiger partial charge in [-0.3, -0.25) is 0 Å². The third-order valence-electron chi connectivity index (χ3n) is 4.10. The molecule has 0 spiro atoms. The SMILES string of the molecule is CCCC(C)(O)CNC1CCCC1CNC(=O)OC(C)(C)C. The summed E-state index contributed by atoms with van der Waals surface area (Å²) in [5.74, 6) is 0.407. The quantitative estimate of drug-likeness (QED) is 0.676. The second-order valence-corrected chi connectivity index (χ2v) is 7.81. The van der Waals surface area contributed by atoms with E-state index in [0.29, 0.717) is 25.0 Å². The molecule has 130 valence electrons. The van der Waals surface area contributed by atoms with E-state index in [-0.39, 0.29) is 6.09 Å². The number of ether oxygens (including phenoxy) is 1. The monoisotopic (exact) mass is 314 g/mol. The third-order valence-corrected chi connectivity index (χ3v) is 4.10. The predicted octanol–water partition coefficient (Wildman–Crippen LogP) is 2.82. The van der Waals surface area contributed by atoms with Gasteiger partial charge in [0.05, 0.1) is 5.60 Å². The number of rotatable bonds is 7. The molecule has 3 N–H and O–H groups in total. The normalized spacial score (nSPS) is 24.8. The summed E-state index contributed by atoms with van der Waals surface area (Å²) in [4.78, 5) is 11.7. The summed E-state index contributed by atoms with van der Waals surface area (Å²) in [6.07, 6.45) is 4.79. The van der Waals surface area contributed by atoms with Crippen molar-refractivity contribution in [2.24, 2.45) is 5.92 Å². The fourth-order valence-electron chi connectivity index (χ4n) is 3.06. The van der Waals surface area contributed by atoms with Crippen molar-refractivity contribution in [2.75, 3.05) is 13.1 Å². The second-order valence-electron chi connectivity index (χ2n) is 7.81. The van der Waals surface area contributed by atoms with Gasteiger partial charge in [-0.15, -0.1) is 0 Å². The smallest absolute Gasteiger partial charge is 0.407 e. The van der Waals surface area contributed by atoms with Crippen LogP contribution in [0.3, 0.4) is 0 Å². The molecule has 1 aliphatic rings. The minimum atomic E-state index is -0.652. The molecule has 1 saturated carbocycles. The highest BCUT2D eigenvalue weighted by Gasteiger charge is 2.30. The molecule has 0 radical (unpaired) electrons. The van der Waals surface area contributed by atoms with Gasteiger partial charge in [0, 0.05) is 19.1 Å². The summed E-state index contributed by atoms with van der Waals surface area (Å²) in [6, 6.07) is 0.360. The Bertz CT molecular complexity index is 350. The molecule has 1 fully saturated rings. The van der Waals surface area contributed by atoms with E-state index >= 15 is 0 Å². The van der Waals surface area contributed by atoms with Gasteiger partial charge < -0.3 is 20.5 Å². The topological polar surface area (TPSA) is 70.6 Å². The average molecular weight is 314 g/mol. The lowest BCUT2D eigenvalue weighted by molar-refractivity contribution is 0.0439. The lowest BCUT2D eigenvalue weighted by Crippen LogP contribution is -2.46. The van der Waals surface area contributed by atoms with E-state index < -0.39 is 11.2 Å². The van der Waals surface area contributed by atoms with Crippen LogP contribution in [-0.2, 0) is 4.74 Å². The number of hydrogen-bond donors (Lipinski definition) is 3. The van der Waals surface area contributed by atoms with Gasteiger partial charge in [-0.2, -0.15) is 0 Å². The average Bonchev–Trinajstić information content (AvgIpc) is 2.79. The van der Waals surface area contributed by atoms with E-state index in [4.69, 9.17) is 4.74 Å². The first-order chi connectivity index (χ1) is 10.1. The molecule has 0 saturated heterocycles. The molecule has 5 heteroatoms. The number of amides is 1. The summed E-state index contributed by atoms with van der Waals surface area (Å²) in [5, 5.41) is 16.6. The van der Waals surface area contributed by atoms with Crippen LogP contribution in [0, 0.1) is 5.92 Å². The van der Waals surface area contributed by atoms with Crippen molar-refractivity contribution in [3.63, 3.8) is 0 Å². The first-order valence-electron chi connectivity index (χ1n) is 8.55. The summed E-state index contributed by atoms with van der Waals surface area (Å²) < 4.78 is 5.27. The van der Waals surface area contributed by atoms with Gasteiger partial charge in [0.25, 0.3) is 0 Å². The van der Waals surface area contributed by atoms with Crippen LogP contribution in [0.15, 0.2) is 0 Å². The zero-order chi connectivity index (χ0) is 16.8. The Labute approximate surface area is 135 Å². The molecular weight excluding hydrogens is 280 g/mol. The van der Waals surface area contributed by atoms with Crippen molar-refractivity contribution < 1.29 is 14.6 Å². The van der Waals surface area contributed by atoms with Gasteiger partial charge in [-0.1, -0.05) is 19.8 Å². The number of carbonyl (C=O) groups is 1. The summed E-state index contributed by atoms with van der Waals surface area (Å²) in [7, 11) is 0. The fourth-order valence-corrected chi connectivity index (χ4v) is 3.06. The Morgan fingerprint density at radius 2 is 1.95 bits per heavy atom. The largest absolute Gasteiger partial charge is 0.444 e. The van der Waals surface area contributed by atoms with Crippen LogP contribution < -0.4 is 10.6 Å². The zero-order valence-electron chi connectivity index (χ0n) is 14.9. The van der Waals surface area contributed by atoms with Crippen molar-refractivity contribution in [3.05, 3.63) is 0 Å². The molecule has 1 aliphatic carbocycles. The zero-order valence-corrected chi connectivity index (χ0v) is 14.9. The molecule has 3 unspecified atom stereocenters. The second kappa shape index (κ2) is 8.16. The van der Waals surface area contributed by atoms with E-state index in [1.807, 2.05) is 27.7 Å². The Morgan fingerprint density at radius 3 is 2.55 bits per heavy atom. The van der Waals surface area contributed by atoms with Gasteiger partial charge in [-0.25, -0.2) is 4.79 Å². The van der Waals surface area contributed by atoms with Crippen LogP contribution in [-0.4, -0.2) is 41.5 Å². The Morgan fingerprint density at radius 1 is 1.27 bits per heavy atom. The van der Waals surface area contributed by atoms with E-state index in [1.54, 1.807) is 0 Å². The molecule has 0 bridgehead atoms. The van der Waals surface area contributed by atoms with Gasteiger partial charge in [-0.05, 0) is 52.9 Å². The maximum Gasteiger partial charge on any atom is 0.407 e. The molecular formula is C17H34N2O3. The first kappa shape index (κ1) is 19.2. The van der Waals surface area contributed by atoms with Gasteiger partial charge in [0.1, 0.15) is 5.60 Å². The van der Waals surface area contributed by atoms with Crippen LogP contribution in [0.5, 0.6) is 0 Å². The Hall–Kier alpha value is -0.810. The predicted molar refractivity (Wildman–Crippen MR) is 88.9 cm³/mol. The van der Waals surface area contributed by atoms with Crippen molar-refractivity contribution in [3.8, 4) is 0 Å². The maximum absolute atomic E-state index is 11.7. The van der Waals surface area contributed by atoms with Gasteiger partial charge in [0.2, 0.25) is 0 Å². The van der Waals surface area contributed by atoms with Gasteiger partial charge >= 0.3 is 6.09 Å². The van der Waals surface area contributed by atoms with Gasteiger partial charge in [0.15, 0.2) is 0 Å². The van der Waals surface area contributed by atoms with Crippen molar-refractivity contribution in [2.45, 2.75) is 84.0 Å². The Kier molecular flexibility index (Phi) is 7.13. The number of nitrogens with one attached hydrogen (secondary N) is 2. The van der Waals surface area contributed by atoms with Crippen molar-refractivity contribution in [1.29, 1.82) is 0 Å². The molecule has 22 heavy (non-hydrogen) atoms. The molecule has 0 heterocycles. The van der Waals surface area contributed by atoms with Crippen LogP contribution >= 0.6 is 0 Å². The molecule has 5 nitrogen and oxygen atoms in total. The van der Waals surface area contributed by atoms with E-state index in [2.05, 4.69) is 17.6 Å². The van der Waals surface area contributed by atoms with Crippen molar-refractivity contribution in [1.82, 2.24) is 10.6 Å². The van der Waals surface area contributed by atoms with Crippen LogP contribution in [0.4, 0.5) is 4.79 Å². The molecule has 1 rings (SSSR count). The molecule has 0 aromatic rings. The van der Waals surface area contributed by atoms with E-state index in [0.717, 1.165) is 32.1 Å². The van der Waals surface area contributed by atoms with E-state index in [9.17, 15) is 9.90 Å². The van der Waals surface area contributed by atoms with Crippen LogP contribution in [0.2, 0.25) is 0 Å². The highest BCUT2D eigenvalue weighted by atomic mass is 16.6. The molecule has 0 aromatic heterocycles. The summed E-state index contributed by atoms with van der Waals surface area (Å²) in [6.45, 7) is 10.8. The van der Waals surface area contributed by atoms with Crippen LogP contribution in [0.25, 0.3) is 0 Å². The number of hydrogen-bond acceptors (Lipinski definition) is 4. The molecule has 0 aliphatic heterocycles. The number of alkyl carbamates (subject to hydrolysis) is 1. The molecule has 3 atom stereocenters. The van der Waals surface area contributed by atoms with Crippen molar-refractivity contribution >= 4 is 6.09 Å². The highest BCUT2D eigenvalue weighted by molar-refractivity contribution is 5.67. The summed E-state index contributed by atoms with van der Waals surface area (Å²) in [5.41, 5.74) is -1.11. The maximum atomic E-state index is 11.7. The molecule has 0 aromatic carbocycles. The Balaban J connectivity index is 2.36. The third kappa shape index (κ3) is 7.45. The number of aliphatic hydroxyl groups is 1. The summed E-state index contributed by atoms with van der Waals surface area (Å²) >= 11 is 0. The highest BCUT2D eigenvalue weighted by Crippen LogP contribution is 2.26.